The van der Waals surface area contributed by atoms with E-state index < -0.39 is 5.97 Å². The number of aromatic carboxylic acids is 1. The topological polar surface area (TPSA) is 86.0 Å². The number of carbonyl (C=O) groups is 1. The lowest BCUT2D eigenvalue weighted by Crippen LogP contribution is -2.02. The summed E-state index contributed by atoms with van der Waals surface area (Å²) in [5.41, 5.74) is 1.70. The largest absolute Gasteiger partial charge is 0.478 e. The number of benzene rings is 1. The van der Waals surface area contributed by atoms with Crippen molar-refractivity contribution in [2.75, 3.05) is 5.32 Å². The Balaban J connectivity index is 2.41. The lowest BCUT2D eigenvalue weighted by molar-refractivity contribution is 0.0697. The minimum Gasteiger partial charge on any atom is -0.478 e. The number of carboxylic acid groups (broad SMARTS) is 1. The summed E-state index contributed by atoms with van der Waals surface area (Å²) in [6, 6.07) is 8.30. The Morgan fingerprint density at radius 1 is 1.45 bits per heavy atom. The van der Waals surface area contributed by atoms with E-state index in [1.807, 2.05) is 0 Å². The standard InChI is InChI=1S/C14H10ClN3O2/c1-8-4-5-17-13(11(8)7-16)18-9-2-3-12(15)10(6-9)14(19)20/h2-6H,1H3,(H,17,18)(H,19,20). The van der Waals surface area contributed by atoms with E-state index in [-0.39, 0.29) is 10.6 Å². The number of anilines is 2. The van der Waals surface area contributed by atoms with Gasteiger partial charge in [-0.2, -0.15) is 5.26 Å². The summed E-state index contributed by atoms with van der Waals surface area (Å²) >= 11 is 5.80. The van der Waals surface area contributed by atoms with E-state index >= 15 is 0 Å². The SMILES string of the molecule is Cc1ccnc(Nc2ccc(Cl)c(C(=O)O)c2)c1C#N. The van der Waals surface area contributed by atoms with Crippen molar-refractivity contribution < 1.29 is 9.90 Å². The van der Waals surface area contributed by atoms with E-state index in [4.69, 9.17) is 22.0 Å². The van der Waals surface area contributed by atoms with Gasteiger partial charge in [0.25, 0.3) is 0 Å². The van der Waals surface area contributed by atoms with E-state index in [1.165, 1.54) is 12.1 Å². The summed E-state index contributed by atoms with van der Waals surface area (Å²) in [5.74, 6) is -0.734. The minimum absolute atomic E-state index is 0.0113. The summed E-state index contributed by atoms with van der Waals surface area (Å²) in [5, 5.41) is 21.2. The zero-order valence-electron chi connectivity index (χ0n) is 10.5. The van der Waals surface area contributed by atoms with E-state index in [1.54, 1.807) is 25.3 Å². The Morgan fingerprint density at radius 3 is 2.85 bits per heavy atom. The summed E-state index contributed by atoms with van der Waals surface area (Å²) in [6.07, 6.45) is 1.58. The Kier molecular flexibility index (Phi) is 3.87. The van der Waals surface area contributed by atoms with E-state index in [2.05, 4.69) is 16.4 Å². The van der Waals surface area contributed by atoms with Gasteiger partial charge in [0.05, 0.1) is 16.1 Å². The predicted octanol–water partition coefficient (Wildman–Crippen LogP) is 3.36. The number of halogens is 1. The third-order valence-corrected chi connectivity index (χ3v) is 3.06. The summed E-state index contributed by atoms with van der Waals surface area (Å²) < 4.78 is 0. The second-order valence-electron chi connectivity index (χ2n) is 4.09. The van der Waals surface area contributed by atoms with Gasteiger partial charge in [-0.1, -0.05) is 11.6 Å². The van der Waals surface area contributed by atoms with Crippen molar-refractivity contribution in [3.8, 4) is 6.07 Å². The van der Waals surface area contributed by atoms with Gasteiger partial charge in [0.1, 0.15) is 11.9 Å². The molecule has 5 nitrogen and oxygen atoms in total. The lowest BCUT2D eigenvalue weighted by Gasteiger charge is -2.09. The van der Waals surface area contributed by atoms with Gasteiger partial charge in [0.2, 0.25) is 0 Å². The molecule has 1 aromatic carbocycles. The molecule has 0 amide bonds. The highest BCUT2D eigenvalue weighted by atomic mass is 35.5. The number of nitrogens with zero attached hydrogens (tertiary/aromatic N) is 2. The average molecular weight is 288 g/mol. The van der Waals surface area contributed by atoms with Crippen LogP contribution in [0.3, 0.4) is 0 Å². The normalized spacial score (nSPS) is 9.85. The molecule has 0 radical (unpaired) electrons. The zero-order valence-corrected chi connectivity index (χ0v) is 11.3. The van der Waals surface area contributed by atoms with Crippen LogP contribution in [-0.2, 0) is 0 Å². The molecule has 0 aliphatic heterocycles. The fraction of sp³-hybridized carbons (Fsp3) is 0.0714. The number of nitriles is 1. The average Bonchev–Trinajstić information content (AvgIpc) is 2.41. The van der Waals surface area contributed by atoms with E-state index in [9.17, 15) is 4.79 Å². The Hall–Kier alpha value is -2.58. The van der Waals surface area contributed by atoms with Crippen LogP contribution < -0.4 is 5.32 Å². The molecular weight excluding hydrogens is 278 g/mol. The molecule has 0 saturated carbocycles. The molecule has 1 aromatic heterocycles. The summed E-state index contributed by atoms with van der Waals surface area (Å²) in [6.45, 7) is 1.80. The first kappa shape index (κ1) is 13.8. The Bertz CT molecular complexity index is 723. The van der Waals surface area contributed by atoms with Crippen LogP contribution in [0.5, 0.6) is 0 Å². The molecule has 0 unspecified atom stereocenters. The first-order valence-electron chi connectivity index (χ1n) is 5.68. The van der Waals surface area contributed by atoms with Gasteiger partial charge >= 0.3 is 5.97 Å². The monoisotopic (exact) mass is 287 g/mol. The number of carboxylic acids is 1. The van der Waals surface area contributed by atoms with Gasteiger partial charge in [0.15, 0.2) is 0 Å². The minimum atomic E-state index is -1.11. The van der Waals surface area contributed by atoms with E-state index in [0.29, 0.717) is 17.1 Å². The van der Waals surface area contributed by atoms with Crippen molar-refractivity contribution in [3.05, 3.63) is 52.2 Å². The van der Waals surface area contributed by atoms with Crippen LogP contribution in [-0.4, -0.2) is 16.1 Å². The van der Waals surface area contributed by atoms with Crippen molar-refractivity contribution in [1.29, 1.82) is 5.26 Å². The maximum Gasteiger partial charge on any atom is 0.337 e. The summed E-state index contributed by atoms with van der Waals surface area (Å²) in [4.78, 5) is 15.1. The third-order valence-electron chi connectivity index (χ3n) is 2.73. The number of hydrogen-bond acceptors (Lipinski definition) is 4. The fourth-order valence-corrected chi connectivity index (χ4v) is 1.90. The molecule has 0 fully saturated rings. The van der Waals surface area contributed by atoms with Gasteiger partial charge in [-0.05, 0) is 36.8 Å². The van der Waals surface area contributed by atoms with Crippen LogP contribution in [0.1, 0.15) is 21.5 Å². The molecule has 2 N–H and O–H groups in total. The number of aryl methyl sites for hydroxylation is 1. The highest BCUT2D eigenvalue weighted by Crippen LogP contribution is 2.24. The molecule has 0 saturated heterocycles. The number of aromatic nitrogens is 1. The van der Waals surface area contributed by atoms with Crippen LogP contribution in [0.25, 0.3) is 0 Å². The highest BCUT2D eigenvalue weighted by molar-refractivity contribution is 6.33. The molecule has 1 heterocycles. The van der Waals surface area contributed by atoms with Crippen molar-refractivity contribution in [1.82, 2.24) is 4.98 Å². The van der Waals surface area contributed by atoms with Gasteiger partial charge in [0, 0.05) is 11.9 Å². The second kappa shape index (κ2) is 5.59. The highest BCUT2D eigenvalue weighted by Gasteiger charge is 2.11. The second-order valence-corrected chi connectivity index (χ2v) is 4.50. The maximum absolute atomic E-state index is 11.0. The summed E-state index contributed by atoms with van der Waals surface area (Å²) in [7, 11) is 0. The fourth-order valence-electron chi connectivity index (χ4n) is 1.70. The third kappa shape index (κ3) is 2.71. The number of nitrogens with one attached hydrogen (secondary N) is 1. The van der Waals surface area contributed by atoms with Crippen molar-refractivity contribution >= 4 is 29.1 Å². The molecule has 20 heavy (non-hydrogen) atoms. The molecule has 0 bridgehead atoms. The van der Waals surface area contributed by atoms with Crippen molar-refractivity contribution in [2.24, 2.45) is 0 Å². The number of pyridine rings is 1. The van der Waals surface area contributed by atoms with Crippen molar-refractivity contribution in [2.45, 2.75) is 6.92 Å². The molecule has 100 valence electrons. The molecule has 6 heteroatoms. The quantitative estimate of drug-likeness (QED) is 0.904. The predicted molar refractivity (Wildman–Crippen MR) is 75.4 cm³/mol. The van der Waals surface area contributed by atoms with Gasteiger partial charge < -0.3 is 10.4 Å². The molecule has 0 spiro atoms. The number of hydrogen-bond donors (Lipinski definition) is 2. The Labute approximate surface area is 120 Å². The molecule has 0 aliphatic carbocycles. The van der Waals surface area contributed by atoms with Crippen LogP contribution in [0.4, 0.5) is 11.5 Å². The van der Waals surface area contributed by atoms with Crippen molar-refractivity contribution in [3.63, 3.8) is 0 Å². The van der Waals surface area contributed by atoms with Gasteiger partial charge in [-0.25, -0.2) is 9.78 Å². The molecule has 2 rings (SSSR count). The zero-order chi connectivity index (χ0) is 14.7. The smallest absolute Gasteiger partial charge is 0.337 e. The maximum atomic E-state index is 11.0. The molecule has 2 aromatic rings. The first-order chi connectivity index (χ1) is 9.52. The Morgan fingerprint density at radius 2 is 2.20 bits per heavy atom. The molecule has 0 aliphatic rings. The number of rotatable bonds is 3. The van der Waals surface area contributed by atoms with Crippen LogP contribution in [0, 0.1) is 18.3 Å². The van der Waals surface area contributed by atoms with E-state index in [0.717, 1.165) is 5.56 Å². The molecular formula is C14H10ClN3O2. The van der Waals surface area contributed by atoms with Gasteiger partial charge in [-0.15, -0.1) is 0 Å². The van der Waals surface area contributed by atoms with Crippen LogP contribution in [0.2, 0.25) is 5.02 Å². The van der Waals surface area contributed by atoms with Gasteiger partial charge in [-0.3, -0.25) is 0 Å². The first-order valence-corrected chi connectivity index (χ1v) is 6.06. The van der Waals surface area contributed by atoms with Crippen LogP contribution >= 0.6 is 11.6 Å². The van der Waals surface area contributed by atoms with Crippen LogP contribution in [0.15, 0.2) is 30.5 Å². The lowest BCUT2D eigenvalue weighted by atomic mass is 10.1. The molecule has 0 atom stereocenters.